The minimum atomic E-state index is -0.876. The van der Waals surface area contributed by atoms with Crippen molar-refractivity contribution in [3.05, 3.63) is 92.5 Å². The van der Waals surface area contributed by atoms with Crippen LogP contribution in [0.3, 0.4) is 0 Å². The fourth-order valence-corrected chi connectivity index (χ4v) is 8.01. The van der Waals surface area contributed by atoms with E-state index in [0.717, 1.165) is 78.2 Å². The average Bonchev–Trinajstić information content (AvgIpc) is 3.69. The number of carboxylic acids is 1. The Kier molecular flexibility index (Phi) is 8.96. The zero-order chi connectivity index (χ0) is 35.4. The molecular weight excluding hydrogens is 693 g/mol. The van der Waals surface area contributed by atoms with Crippen LogP contribution in [0.4, 0.5) is 5.69 Å². The largest absolute Gasteiger partial charge is 0.496 e. The quantitative estimate of drug-likeness (QED) is 0.166. The number of imidazole rings is 1. The number of carbonyl (C=O) groups is 2. The van der Waals surface area contributed by atoms with Crippen molar-refractivity contribution in [2.45, 2.75) is 62.9 Å². The van der Waals surface area contributed by atoms with E-state index < -0.39 is 11.5 Å². The van der Waals surface area contributed by atoms with Gasteiger partial charge in [0.25, 0.3) is 5.91 Å². The number of methoxy groups -OCH3 is 1. The molecule has 1 unspecified atom stereocenters. The van der Waals surface area contributed by atoms with Gasteiger partial charge in [0.2, 0.25) is 0 Å². The van der Waals surface area contributed by atoms with Gasteiger partial charge in [0.05, 0.1) is 47.8 Å². The molecular formula is C38H39Cl2N5O6. The van der Waals surface area contributed by atoms with Gasteiger partial charge >= 0.3 is 5.97 Å². The first kappa shape index (κ1) is 34.0. The number of ether oxygens (including phenoxy) is 3. The molecule has 2 aliphatic heterocycles. The van der Waals surface area contributed by atoms with Crippen LogP contribution in [0.25, 0.3) is 11.1 Å². The van der Waals surface area contributed by atoms with E-state index in [2.05, 4.69) is 21.6 Å². The molecule has 4 aliphatic rings. The third kappa shape index (κ3) is 6.25. The Morgan fingerprint density at radius 1 is 1.08 bits per heavy atom. The first-order valence-electron chi connectivity index (χ1n) is 17.3. The van der Waals surface area contributed by atoms with Gasteiger partial charge in [-0.15, -0.1) is 0 Å². The molecule has 13 heteroatoms. The zero-order valence-corrected chi connectivity index (χ0v) is 29.9. The number of rotatable bonds is 11. The van der Waals surface area contributed by atoms with Gasteiger partial charge in [-0.25, -0.2) is 4.98 Å². The Morgan fingerprint density at radius 3 is 2.59 bits per heavy atom. The van der Waals surface area contributed by atoms with Crippen molar-refractivity contribution in [3.8, 4) is 22.6 Å². The average molecular weight is 733 g/mol. The van der Waals surface area contributed by atoms with Crippen molar-refractivity contribution in [2.75, 3.05) is 32.2 Å². The molecule has 1 aromatic heterocycles. The van der Waals surface area contributed by atoms with Crippen molar-refractivity contribution in [2.24, 2.45) is 7.05 Å². The number of aromatic nitrogens is 2. The SMILES string of the molecule is COc1cc(OC2CCc3c(-c4cccc(NC(=O)c5nc6c(n5C)CCN(C5COC5)C6)c4Cl)cccc32)c(Cl)cc1CNC1(C(=O)O)CC1. The van der Waals surface area contributed by atoms with E-state index in [9.17, 15) is 14.7 Å². The smallest absolute Gasteiger partial charge is 0.323 e. The summed E-state index contributed by atoms with van der Waals surface area (Å²) >= 11 is 13.8. The minimum absolute atomic E-state index is 0.253. The second kappa shape index (κ2) is 13.4. The van der Waals surface area contributed by atoms with E-state index in [0.29, 0.717) is 65.0 Å². The van der Waals surface area contributed by atoms with E-state index in [1.54, 1.807) is 25.3 Å². The van der Waals surface area contributed by atoms with Gasteiger partial charge in [-0.3, -0.25) is 19.8 Å². The maximum absolute atomic E-state index is 13.6. The Labute approximate surface area is 305 Å². The van der Waals surface area contributed by atoms with Crippen molar-refractivity contribution in [1.82, 2.24) is 19.8 Å². The number of anilines is 1. The number of hydrogen-bond acceptors (Lipinski definition) is 8. The molecule has 1 amide bonds. The van der Waals surface area contributed by atoms with Crippen molar-refractivity contribution >= 4 is 40.8 Å². The molecule has 8 rings (SSSR count). The van der Waals surface area contributed by atoms with Crippen molar-refractivity contribution < 1.29 is 28.9 Å². The third-order valence-electron chi connectivity index (χ3n) is 10.8. The highest BCUT2D eigenvalue weighted by atomic mass is 35.5. The van der Waals surface area contributed by atoms with Crippen LogP contribution in [0, 0.1) is 0 Å². The van der Waals surface area contributed by atoms with Crippen LogP contribution in [-0.2, 0) is 42.5 Å². The molecule has 1 atom stereocenters. The van der Waals surface area contributed by atoms with Crippen LogP contribution in [0.15, 0.2) is 48.5 Å². The van der Waals surface area contributed by atoms with Gasteiger partial charge < -0.3 is 29.2 Å². The molecule has 1 saturated heterocycles. The summed E-state index contributed by atoms with van der Waals surface area (Å²) in [6.45, 7) is 3.44. The summed E-state index contributed by atoms with van der Waals surface area (Å²) < 4.78 is 19.4. The van der Waals surface area contributed by atoms with E-state index in [1.165, 1.54) is 0 Å². The lowest BCUT2D eigenvalue weighted by Gasteiger charge is -2.39. The highest BCUT2D eigenvalue weighted by Gasteiger charge is 2.50. The Morgan fingerprint density at radius 2 is 1.86 bits per heavy atom. The topological polar surface area (TPSA) is 127 Å². The Bertz CT molecular complexity index is 2040. The van der Waals surface area contributed by atoms with Gasteiger partial charge in [0.1, 0.15) is 23.1 Å². The molecule has 3 aromatic carbocycles. The predicted molar refractivity (Wildman–Crippen MR) is 193 cm³/mol. The van der Waals surface area contributed by atoms with Crippen molar-refractivity contribution in [1.29, 1.82) is 0 Å². The van der Waals surface area contributed by atoms with Gasteiger partial charge in [-0.2, -0.15) is 0 Å². The van der Waals surface area contributed by atoms with E-state index >= 15 is 0 Å². The van der Waals surface area contributed by atoms with E-state index in [1.807, 2.05) is 35.9 Å². The predicted octanol–water partition coefficient (Wildman–Crippen LogP) is 6.18. The maximum Gasteiger partial charge on any atom is 0.323 e. The van der Waals surface area contributed by atoms with Crippen LogP contribution >= 0.6 is 23.2 Å². The number of halogens is 2. The number of aliphatic carboxylic acids is 1. The highest BCUT2D eigenvalue weighted by Crippen LogP contribution is 2.45. The molecule has 2 fully saturated rings. The summed E-state index contributed by atoms with van der Waals surface area (Å²) in [4.78, 5) is 32.4. The molecule has 51 heavy (non-hydrogen) atoms. The lowest BCUT2D eigenvalue weighted by molar-refractivity contribution is -0.140. The summed E-state index contributed by atoms with van der Waals surface area (Å²) in [5, 5.41) is 16.6. The summed E-state index contributed by atoms with van der Waals surface area (Å²) in [7, 11) is 3.47. The lowest BCUT2D eigenvalue weighted by Crippen LogP contribution is -2.50. The third-order valence-corrected chi connectivity index (χ3v) is 11.5. The first-order chi connectivity index (χ1) is 24.7. The highest BCUT2D eigenvalue weighted by molar-refractivity contribution is 6.36. The fraction of sp³-hybridized carbons (Fsp3) is 0.395. The number of amides is 1. The molecule has 0 spiro atoms. The molecule has 11 nitrogen and oxygen atoms in total. The van der Waals surface area contributed by atoms with E-state index in [-0.39, 0.29) is 12.0 Å². The first-order valence-corrected chi connectivity index (χ1v) is 18.0. The van der Waals surface area contributed by atoms with Gasteiger partial charge in [-0.1, -0.05) is 53.5 Å². The Hall–Kier alpha value is -4.13. The fourth-order valence-electron chi connectivity index (χ4n) is 7.51. The minimum Gasteiger partial charge on any atom is -0.496 e. The second-order valence-corrected chi connectivity index (χ2v) is 14.6. The number of nitrogens with one attached hydrogen (secondary N) is 2. The second-order valence-electron chi connectivity index (χ2n) is 13.8. The molecule has 2 aliphatic carbocycles. The number of carbonyl (C=O) groups excluding carboxylic acids is 1. The number of nitrogens with zero attached hydrogens (tertiary/aromatic N) is 3. The summed E-state index contributed by atoms with van der Waals surface area (Å²) in [5.41, 5.74) is 6.37. The number of hydrogen-bond donors (Lipinski definition) is 3. The van der Waals surface area contributed by atoms with Crippen molar-refractivity contribution in [3.63, 3.8) is 0 Å². The summed E-state index contributed by atoms with van der Waals surface area (Å²) in [5.74, 6) is 0.263. The number of benzene rings is 3. The standard InChI is InChI=1S/C38H39Cl2N5O6/c1-44-30-11-14-45(22-19-50-20-22)18-29(30)42-35(44)36(46)43-28-8-4-7-26(34(28)40)23-5-3-6-25-24(23)9-10-31(25)51-33-16-32(49-2)21(15-27(33)39)17-41-38(12-13-38)37(47)48/h3-8,15-16,22,31,41H,9-14,17-20H2,1-2H3,(H,43,46)(H,47,48). The monoisotopic (exact) mass is 731 g/mol. The lowest BCUT2D eigenvalue weighted by atomic mass is 9.96. The molecule has 3 N–H and O–H groups in total. The summed E-state index contributed by atoms with van der Waals surface area (Å²) in [6, 6.07) is 15.7. The van der Waals surface area contributed by atoms with E-state index in [4.69, 9.17) is 42.4 Å². The molecule has 4 aromatic rings. The molecule has 1 saturated carbocycles. The number of carboxylic acid groups (broad SMARTS) is 1. The van der Waals surface area contributed by atoms with Crippen LogP contribution in [0.5, 0.6) is 11.5 Å². The normalized spacial score (nSPS) is 19.2. The van der Waals surface area contributed by atoms with Crippen LogP contribution in [0.1, 0.15) is 64.1 Å². The zero-order valence-electron chi connectivity index (χ0n) is 28.4. The van der Waals surface area contributed by atoms with Crippen LogP contribution < -0.4 is 20.1 Å². The van der Waals surface area contributed by atoms with Gasteiger partial charge in [-0.05, 0) is 54.5 Å². The van der Waals surface area contributed by atoms with Gasteiger partial charge in [0.15, 0.2) is 5.82 Å². The molecule has 0 radical (unpaired) electrons. The molecule has 0 bridgehead atoms. The number of fused-ring (bicyclic) bond motifs is 2. The Balaban J connectivity index is 0.996. The molecule has 266 valence electrons. The maximum atomic E-state index is 13.6. The molecule has 3 heterocycles. The van der Waals surface area contributed by atoms with Crippen LogP contribution in [-0.4, -0.2) is 69.9 Å². The van der Waals surface area contributed by atoms with Gasteiger partial charge in [0, 0.05) is 56.0 Å². The summed E-state index contributed by atoms with van der Waals surface area (Å²) in [6.07, 6.45) is 3.27. The van der Waals surface area contributed by atoms with Crippen LogP contribution in [0.2, 0.25) is 10.0 Å².